The lowest BCUT2D eigenvalue weighted by molar-refractivity contribution is 0.318. The third-order valence-electron chi connectivity index (χ3n) is 2.45. The lowest BCUT2D eigenvalue weighted by Gasteiger charge is -2.09. The van der Waals surface area contributed by atoms with E-state index in [9.17, 15) is 4.39 Å². The van der Waals surface area contributed by atoms with Gasteiger partial charge in [-0.3, -0.25) is 0 Å². The first-order valence-corrected chi connectivity index (χ1v) is 6.58. The lowest BCUT2D eigenvalue weighted by Crippen LogP contribution is -2.12. The van der Waals surface area contributed by atoms with Gasteiger partial charge in [0.1, 0.15) is 17.3 Å². The highest BCUT2D eigenvalue weighted by Gasteiger charge is 2.08. The zero-order valence-corrected chi connectivity index (χ0v) is 12.3. The van der Waals surface area contributed by atoms with Crippen molar-refractivity contribution < 1.29 is 14.3 Å². The van der Waals surface area contributed by atoms with E-state index in [2.05, 4.69) is 21.1 Å². The molecule has 0 heterocycles. The van der Waals surface area contributed by atoms with E-state index in [0.29, 0.717) is 21.5 Å². The van der Waals surface area contributed by atoms with Gasteiger partial charge in [-0.25, -0.2) is 4.39 Å². The van der Waals surface area contributed by atoms with Crippen LogP contribution >= 0.6 is 27.5 Å². The van der Waals surface area contributed by atoms with Gasteiger partial charge in [-0.1, -0.05) is 16.8 Å². The number of halogens is 3. The molecular weight excluding hydrogens is 351 g/mol. The Morgan fingerprint density at radius 1 is 1.30 bits per heavy atom. The molecule has 2 aromatic rings. The summed E-state index contributed by atoms with van der Waals surface area (Å²) in [7, 11) is 0. The van der Waals surface area contributed by atoms with Crippen molar-refractivity contribution >= 4 is 33.4 Å². The van der Waals surface area contributed by atoms with Crippen LogP contribution < -0.4 is 10.5 Å². The predicted octanol–water partition coefficient (Wildman–Crippen LogP) is 4.13. The standard InChI is InChI=1S/C13H9BrClFN2O2/c14-9-5-7(13(17)18-19)1-4-12(9)20-8-2-3-11(16)10(15)6-8/h1-6,19H,(H2,17,18). The van der Waals surface area contributed by atoms with E-state index in [1.54, 1.807) is 18.2 Å². The van der Waals surface area contributed by atoms with Crippen LogP contribution in [0, 0.1) is 5.82 Å². The van der Waals surface area contributed by atoms with Crippen molar-refractivity contribution in [3.05, 3.63) is 57.3 Å². The van der Waals surface area contributed by atoms with Gasteiger partial charge in [-0.05, 0) is 46.3 Å². The number of nitrogens with two attached hydrogens (primary N) is 1. The fourth-order valence-corrected chi connectivity index (χ4v) is 2.10. The number of benzene rings is 2. The molecule has 0 saturated heterocycles. The number of hydrogen-bond acceptors (Lipinski definition) is 3. The molecule has 0 aromatic heterocycles. The molecule has 0 radical (unpaired) electrons. The van der Waals surface area contributed by atoms with Crippen LogP contribution in [-0.4, -0.2) is 11.0 Å². The second-order valence-electron chi connectivity index (χ2n) is 3.81. The minimum absolute atomic E-state index is 0.0120. The number of amidine groups is 1. The highest BCUT2D eigenvalue weighted by molar-refractivity contribution is 9.10. The monoisotopic (exact) mass is 358 g/mol. The summed E-state index contributed by atoms with van der Waals surface area (Å²) >= 11 is 8.99. The molecule has 2 rings (SSSR count). The first-order chi connectivity index (χ1) is 9.51. The van der Waals surface area contributed by atoms with Gasteiger partial charge >= 0.3 is 0 Å². The SMILES string of the molecule is N/C(=N/O)c1ccc(Oc2ccc(F)c(Cl)c2)c(Br)c1. The summed E-state index contributed by atoms with van der Waals surface area (Å²) in [5.41, 5.74) is 6.01. The Morgan fingerprint density at radius 2 is 2.05 bits per heavy atom. The van der Waals surface area contributed by atoms with E-state index in [4.69, 9.17) is 27.3 Å². The third kappa shape index (κ3) is 3.20. The smallest absolute Gasteiger partial charge is 0.170 e. The molecule has 3 N–H and O–H groups in total. The van der Waals surface area contributed by atoms with Gasteiger partial charge in [0.2, 0.25) is 0 Å². The summed E-state index contributed by atoms with van der Waals surface area (Å²) in [6, 6.07) is 8.95. The fourth-order valence-electron chi connectivity index (χ4n) is 1.47. The van der Waals surface area contributed by atoms with E-state index >= 15 is 0 Å². The molecular formula is C13H9BrClFN2O2. The average Bonchev–Trinajstić information content (AvgIpc) is 2.44. The maximum atomic E-state index is 13.1. The topological polar surface area (TPSA) is 67.8 Å². The first kappa shape index (κ1) is 14.6. The van der Waals surface area contributed by atoms with Crippen LogP contribution in [0.15, 0.2) is 46.0 Å². The zero-order chi connectivity index (χ0) is 14.7. The summed E-state index contributed by atoms with van der Waals surface area (Å²) in [4.78, 5) is 0. The summed E-state index contributed by atoms with van der Waals surface area (Å²) in [5, 5.41) is 11.5. The molecule has 104 valence electrons. The summed E-state index contributed by atoms with van der Waals surface area (Å²) in [5.74, 6) is 0.359. The van der Waals surface area contributed by atoms with Crippen molar-refractivity contribution in [2.45, 2.75) is 0 Å². The predicted molar refractivity (Wildman–Crippen MR) is 78.1 cm³/mol. The van der Waals surface area contributed by atoms with Gasteiger partial charge in [0, 0.05) is 11.6 Å². The molecule has 0 saturated carbocycles. The fraction of sp³-hybridized carbons (Fsp3) is 0. The van der Waals surface area contributed by atoms with Crippen LogP contribution in [0.3, 0.4) is 0 Å². The molecule has 0 fully saturated rings. The van der Waals surface area contributed by atoms with Crippen molar-refractivity contribution in [1.82, 2.24) is 0 Å². The molecule has 4 nitrogen and oxygen atoms in total. The quantitative estimate of drug-likeness (QED) is 0.375. The van der Waals surface area contributed by atoms with Gasteiger partial charge in [0.25, 0.3) is 0 Å². The summed E-state index contributed by atoms with van der Waals surface area (Å²) in [6.45, 7) is 0. The Hall–Kier alpha value is -1.79. The highest BCUT2D eigenvalue weighted by atomic mass is 79.9. The van der Waals surface area contributed by atoms with Gasteiger partial charge in [0.15, 0.2) is 5.84 Å². The molecule has 2 aromatic carbocycles. The van der Waals surface area contributed by atoms with Crippen molar-refractivity contribution in [2.24, 2.45) is 10.9 Å². The maximum absolute atomic E-state index is 13.1. The normalized spacial score (nSPS) is 11.4. The molecule has 0 aliphatic rings. The molecule has 0 aliphatic heterocycles. The van der Waals surface area contributed by atoms with E-state index < -0.39 is 5.82 Å². The van der Waals surface area contributed by atoms with Crippen LogP contribution in [0.1, 0.15) is 5.56 Å². The largest absolute Gasteiger partial charge is 0.456 e. The summed E-state index contributed by atoms with van der Waals surface area (Å²) < 4.78 is 19.2. The molecule has 7 heteroatoms. The average molecular weight is 360 g/mol. The Balaban J connectivity index is 2.28. The Morgan fingerprint density at radius 3 is 2.65 bits per heavy atom. The number of ether oxygens (including phenoxy) is 1. The molecule has 0 unspecified atom stereocenters. The molecule has 0 atom stereocenters. The number of nitrogens with zero attached hydrogens (tertiary/aromatic N) is 1. The van der Waals surface area contributed by atoms with Gasteiger partial charge in [0.05, 0.1) is 9.50 Å². The summed E-state index contributed by atoms with van der Waals surface area (Å²) in [6.07, 6.45) is 0. The molecule has 0 bridgehead atoms. The molecule has 0 spiro atoms. The van der Waals surface area contributed by atoms with E-state index in [0.717, 1.165) is 0 Å². The zero-order valence-electron chi connectivity index (χ0n) is 9.98. The van der Waals surface area contributed by atoms with Gasteiger partial charge in [-0.15, -0.1) is 0 Å². The molecule has 0 amide bonds. The van der Waals surface area contributed by atoms with Gasteiger partial charge < -0.3 is 15.7 Å². The van der Waals surface area contributed by atoms with Crippen LogP contribution in [0.4, 0.5) is 4.39 Å². The van der Waals surface area contributed by atoms with Crippen LogP contribution in [0.2, 0.25) is 5.02 Å². The van der Waals surface area contributed by atoms with E-state index in [1.807, 2.05) is 0 Å². The number of hydrogen-bond donors (Lipinski definition) is 2. The van der Waals surface area contributed by atoms with Crippen LogP contribution in [0.5, 0.6) is 11.5 Å². The van der Waals surface area contributed by atoms with Crippen molar-refractivity contribution in [3.8, 4) is 11.5 Å². The third-order valence-corrected chi connectivity index (χ3v) is 3.36. The van der Waals surface area contributed by atoms with Crippen molar-refractivity contribution in [1.29, 1.82) is 0 Å². The highest BCUT2D eigenvalue weighted by Crippen LogP contribution is 2.32. The number of oxime groups is 1. The van der Waals surface area contributed by atoms with Gasteiger partial charge in [-0.2, -0.15) is 0 Å². The lowest BCUT2D eigenvalue weighted by atomic mass is 10.2. The van der Waals surface area contributed by atoms with Crippen LogP contribution in [0.25, 0.3) is 0 Å². The van der Waals surface area contributed by atoms with E-state index in [-0.39, 0.29) is 10.9 Å². The van der Waals surface area contributed by atoms with E-state index in [1.165, 1.54) is 18.2 Å². The minimum Gasteiger partial charge on any atom is -0.456 e. The second kappa shape index (κ2) is 6.11. The maximum Gasteiger partial charge on any atom is 0.170 e. The molecule has 20 heavy (non-hydrogen) atoms. The number of rotatable bonds is 3. The first-order valence-electron chi connectivity index (χ1n) is 5.41. The second-order valence-corrected chi connectivity index (χ2v) is 5.07. The van der Waals surface area contributed by atoms with Crippen molar-refractivity contribution in [2.75, 3.05) is 0 Å². The minimum atomic E-state index is -0.514. The molecule has 0 aliphatic carbocycles. The Kier molecular flexibility index (Phi) is 4.46. The van der Waals surface area contributed by atoms with Crippen LogP contribution in [-0.2, 0) is 0 Å². The Labute approximate surface area is 127 Å². The Bertz CT molecular complexity index is 679. The van der Waals surface area contributed by atoms with Crippen molar-refractivity contribution in [3.63, 3.8) is 0 Å².